The highest BCUT2D eigenvalue weighted by molar-refractivity contribution is 7.99. The molecule has 1 aromatic heterocycles. The second-order valence-electron chi connectivity index (χ2n) is 5.45. The zero-order valence-electron chi connectivity index (χ0n) is 11.7. The Balaban J connectivity index is 3.16. The van der Waals surface area contributed by atoms with Gasteiger partial charge in [0.25, 0.3) is 0 Å². The lowest BCUT2D eigenvalue weighted by Crippen LogP contribution is -2.18. The Labute approximate surface area is 109 Å². The topological polar surface area (TPSA) is 51.8 Å². The largest absolute Gasteiger partial charge is 0.383 e. The maximum atomic E-state index is 5.97. The van der Waals surface area contributed by atoms with E-state index in [-0.39, 0.29) is 5.41 Å². The minimum atomic E-state index is -0.0629. The van der Waals surface area contributed by atoms with E-state index >= 15 is 0 Å². The molecule has 0 amide bonds. The Bertz CT molecular complexity index is 396. The van der Waals surface area contributed by atoms with Crippen LogP contribution in [0.1, 0.15) is 52.4 Å². The highest BCUT2D eigenvalue weighted by atomic mass is 32.2. The first-order chi connectivity index (χ1) is 7.75. The first-order valence-corrected chi connectivity index (χ1v) is 6.95. The molecule has 0 fully saturated rings. The summed E-state index contributed by atoms with van der Waals surface area (Å²) in [5, 5.41) is 1.58. The lowest BCUT2D eigenvalue weighted by molar-refractivity contribution is 0.538. The van der Waals surface area contributed by atoms with Crippen LogP contribution in [-0.2, 0) is 5.41 Å². The van der Waals surface area contributed by atoms with Crippen LogP contribution in [0.3, 0.4) is 0 Å². The summed E-state index contributed by atoms with van der Waals surface area (Å²) < 4.78 is 0. The molecular formula is C13H23N3S. The van der Waals surface area contributed by atoms with E-state index < -0.39 is 0 Å². The van der Waals surface area contributed by atoms with E-state index in [2.05, 4.69) is 44.6 Å². The molecule has 0 bridgehead atoms. The first-order valence-electron chi connectivity index (χ1n) is 6.07. The quantitative estimate of drug-likeness (QED) is 0.661. The molecule has 0 aromatic carbocycles. The molecule has 1 atom stereocenters. The minimum Gasteiger partial charge on any atom is -0.383 e. The van der Waals surface area contributed by atoms with Crippen molar-refractivity contribution in [1.82, 2.24) is 9.97 Å². The second kappa shape index (κ2) is 5.25. The Hall–Kier alpha value is -0.770. The van der Waals surface area contributed by atoms with Crippen molar-refractivity contribution in [3.63, 3.8) is 0 Å². The smallest absolute Gasteiger partial charge is 0.137 e. The highest BCUT2D eigenvalue weighted by Gasteiger charge is 2.21. The molecule has 3 nitrogen and oxygen atoms in total. The van der Waals surface area contributed by atoms with Crippen LogP contribution in [0.25, 0.3) is 0 Å². The predicted octanol–water partition coefficient (Wildman–Crippen LogP) is 3.56. The van der Waals surface area contributed by atoms with Crippen LogP contribution in [0.15, 0.2) is 5.03 Å². The maximum Gasteiger partial charge on any atom is 0.137 e. The van der Waals surface area contributed by atoms with E-state index in [1.54, 1.807) is 11.8 Å². The Morgan fingerprint density at radius 2 is 1.88 bits per heavy atom. The van der Waals surface area contributed by atoms with E-state index in [0.29, 0.717) is 11.1 Å². The van der Waals surface area contributed by atoms with Gasteiger partial charge in [0.1, 0.15) is 16.7 Å². The van der Waals surface area contributed by atoms with Crippen molar-refractivity contribution in [3.05, 3.63) is 11.4 Å². The van der Waals surface area contributed by atoms with Crippen molar-refractivity contribution in [2.75, 3.05) is 5.73 Å². The summed E-state index contributed by atoms with van der Waals surface area (Å²) in [6, 6.07) is 0. The molecule has 1 unspecified atom stereocenters. The molecule has 1 heterocycles. The SMILES string of the molecule is CCC(C)Sc1nc(C(C)(C)C)nc(N)c1C. The number of nitrogens with zero attached hydrogens (tertiary/aromatic N) is 2. The first kappa shape index (κ1) is 14.3. The molecule has 96 valence electrons. The number of hydrogen-bond donors (Lipinski definition) is 1. The fourth-order valence-corrected chi connectivity index (χ4v) is 2.20. The van der Waals surface area contributed by atoms with Crippen LogP contribution in [0.4, 0.5) is 5.82 Å². The minimum absolute atomic E-state index is 0.0629. The monoisotopic (exact) mass is 253 g/mol. The van der Waals surface area contributed by atoms with Crippen LogP contribution in [-0.4, -0.2) is 15.2 Å². The number of anilines is 1. The third-order valence-electron chi connectivity index (χ3n) is 2.70. The van der Waals surface area contributed by atoms with Gasteiger partial charge in [-0.3, -0.25) is 0 Å². The van der Waals surface area contributed by atoms with Crippen LogP contribution in [0.2, 0.25) is 0 Å². The highest BCUT2D eigenvalue weighted by Crippen LogP contribution is 2.30. The van der Waals surface area contributed by atoms with E-state index in [0.717, 1.165) is 22.8 Å². The molecule has 2 N–H and O–H groups in total. The molecule has 0 saturated carbocycles. The van der Waals surface area contributed by atoms with Gasteiger partial charge < -0.3 is 5.73 Å². The average Bonchev–Trinajstić information content (AvgIpc) is 2.22. The van der Waals surface area contributed by atoms with E-state index in [1.807, 2.05) is 6.92 Å². The summed E-state index contributed by atoms with van der Waals surface area (Å²) >= 11 is 1.78. The molecule has 0 aliphatic rings. The molecule has 0 aliphatic carbocycles. The molecule has 0 radical (unpaired) electrons. The predicted molar refractivity (Wildman–Crippen MR) is 75.5 cm³/mol. The van der Waals surface area contributed by atoms with Crippen molar-refractivity contribution in [2.24, 2.45) is 0 Å². The van der Waals surface area contributed by atoms with Gasteiger partial charge in [-0.05, 0) is 13.3 Å². The lowest BCUT2D eigenvalue weighted by Gasteiger charge is -2.20. The zero-order valence-corrected chi connectivity index (χ0v) is 12.5. The molecule has 0 aliphatic heterocycles. The number of nitrogen functional groups attached to an aromatic ring is 1. The van der Waals surface area contributed by atoms with Gasteiger partial charge in [0.2, 0.25) is 0 Å². The van der Waals surface area contributed by atoms with E-state index in [1.165, 1.54) is 0 Å². The average molecular weight is 253 g/mol. The third kappa shape index (κ3) is 3.60. The van der Waals surface area contributed by atoms with Crippen LogP contribution in [0, 0.1) is 6.92 Å². The van der Waals surface area contributed by atoms with Gasteiger partial charge in [-0.1, -0.05) is 34.6 Å². The number of aromatic nitrogens is 2. The molecule has 0 spiro atoms. The molecular weight excluding hydrogens is 230 g/mol. The van der Waals surface area contributed by atoms with Crippen molar-refractivity contribution in [3.8, 4) is 0 Å². The molecule has 0 saturated heterocycles. The van der Waals surface area contributed by atoms with Crippen molar-refractivity contribution >= 4 is 17.6 Å². The van der Waals surface area contributed by atoms with Crippen LogP contribution in [0.5, 0.6) is 0 Å². The van der Waals surface area contributed by atoms with Gasteiger partial charge in [0.05, 0.1) is 0 Å². The van der Waals surface area contributed by atoms with Crippen molar-refractivity contribution in [1.29, 1.82) is 0 Å². The van der Waals surface area contributed by atoms with Gasteiger partial charge in [0, 0.05) is 16.2 Å². The third-order valence-corrected chi connectivity index (χ3v) is 4.05. The van der Waals surface area contributed by atoms with Gasteiger partial charge >= 0.3 is 0 Å². The summed E-state index contributed by atoms with van der Waals surface area (Å²) in [5.41, 5.74) is 6.91. The number of hydrogen-bond acceptors (Lipinski definition) is 4. The van der Waals surface area contributed by atoms with Crippen LogP contribution < -0.4 is 5.73 Å². The zero-order chi connectivity index (χ0) is 13.2. The molecule has 17 heavy (non-hydrogen) atoms. The standard InChI is InChI=1S/C13H23N3S/c1-7-8(2)17-11-9(3)10(14)15-12(16-11)13(4,5)6/h8H,7H2,1-6H3,(H2,14,15,16). The number of rotatable bonds is 3. The molecule has 1 aromatic rings. The van der Waals surface area contributed by atoms with E-state index in [9.17, 15) is 0 Å². The second-order valence-corrected chi connectivity index (χ2v) is 6.88. The Morgan fingerprint density at radius 3 is 2.35 bits per heavy atom. The number of thioether (sulfide) groups is 1. The summed E-state index contributed by atoms with van der Waals surface area (Å²) in [4.78, 5) is 9.06. The van der Waals surface area contributed by atoms with E-state index in [4.69, 9.17) is 5.73 Å². The lowest BCUT2D eigenvalue weighted by atomic mass is 9.95. The maximum absolute atomic E-state index is 5.97. The Morgan fingerprint density at radius 1 is 1.29 bits per heavy atom. The normalized spacial score (nSPS) is 13.8. The van der Waals surface area contributed by atoms with Crippen molar-refractivity contribution < 1.29 is 0 Å². The number of nitrogens with two attached hydrogens (primary N) is 1. The summed E-state index contributed by atoms with van der Waals surface area (Å²) in [6.07, 6.45) is 1.12. The van der Waals surface area contributed by atoms with Gasteiger partial charge in [-0.15, -0.1) is 11.8 Å². The fraction of sp³-hybridized carbons (Fsp3) is 0.692. The van der Waals surface area contributed by atoms with Gasteiger partial charge in [-0.25, -0.2) is 9.97 Å². The Kier molecular flexibility index (Phi) is 4.42. The molecule has 1 rings (SSSR count). The summed E-state index contributed by atoms with van der Waals surface area (Å²) in [7, 11) is 0. The summed E-state index contributed by atoms with van der Waals surface area (Å²) in [5.74, 6) is 1.43. The van der Waals surface area contributed by atoms with Gasteiger partial charge in [-0.2, -0.15) is 0 Å². The molecule has 4 heteroatoms. The summed E-state index contributed by atoms with van der Waals surface area (Å²) in [6.45, 7) is 12.7. The van der Waals surface area contributed by atoms with Gasteiger partial charge in [0.15, 0.2) is 0 Å². The fourth-order valence-electron chi connectivity index (χ4n) is 1.24. The van der Waals surface area contributed by atoms with Crippen molar-refractivity contribution in [2.45, 2.75) is 63.7 Å². The van der Waals surface area contributed by atoms with Crippen LogP contribution >= 0.6 is 11.8 Å².